The van der Waals surface area contributed by atoms with E-state index >= 15 is 0 Å². The molecular weight excluding hydrogens is 420 g/mol. The second kappa shape index (κ2) is 9.04. The van der Waals surface area contributed by atoms with Crippen molar-refractivity contribution in [2.24, 2.45) is 4.99 Å². The zero-order chi connectivity index (χ0) is 23.4. The molecule has 6 N–H and O–H groups in total. The molecule has 2 aromatic carbocycles. The predicted molar refractivity (Wildman–Crippen MR) is 123 cm³/mol. The van der Waals surface area contributed by atoms with Crippen molar-refractivity contribution in [2.75, 3.05) is 23.9 Å². The van der Waals surface area contributed by atoms with Crippen molar-refractivity contribution in [2.45, 2.75) is 12.6 Å². The average molecular weight is 440 g/mol. The minimum Gasteiger partial charge on any atom is -0.497 e. The number of pyridine rings is 1. The van der Waals surface area contributed by atoms with E-state index in [9.17, 15) is 5.26 Å². The topological polar surface area (TPSA) is 167 Å². The van der Waals surface area contributed by atoms with E-state index in [4.69, 9.17) is 26.2 Å². The molecule has 0 bridgehead atoms. The van der Waals surface area contributed by atoms with Gasteiger partial charge in [-0.1, -0.05) is 24.3 Å². The molecule has 1 aliphatic rings. The summed E-state index contributed by atoms with van der Waals surface area (Å²) < 4.78 is 11.1. The van der Waals surface area contributed by atoms with Crippen LogP contribution in [0.5, 0.6) is 11.5 Å². The lowest BCUT2D eigenvalue weighted by atomic mass is 9.95. The highest BCUT2D eigenvalue weighted by molar-refractivity contribution is 5.98. The summed E-state index contributed by atoms with van der Waals surface area (Å²) in [7, 11) is 1.62. The second-order valence-corrected chi connectivity index (χ2v) is 7.11. The first-order valence-corrected chi connectivity index (χ1v) is 9.88. The van der Waals surface area contributed by atoms with Crippen LogP contribution in [0.4, 0.5) is 17.3 Å². The summed E-state index contributed by atoms with van der Waals surface area (Å²) in [5.41, 5.74) is 14.7. The van der Waals surface area contributed by atoms with Crippen molar-refractivity contribution in [3.63, 3.8) is 0 Å². The van der Waals surface area contributed by atoms with Gasteiger partial charge >= 0.3 is 0 Å². The van der Waals surface area contributed by atoms with Crippen LogP contribution >= 0.6 is 0 Å². The average Bonchev–Trinajstić information content (AvgIpc) is 2.83. The molecule has 0 saturated carbocycles. The maximum Gasteiger partial charge on any atom is 0.211 e. The van der Waals surface area contributed by atoms with Crippen molar-refractivity contribution in [1.82, 2.24) is 10.3 Å². The van der Waals surface area contributed by atoms with E-state index in [-0.39, 0.29) is 23.0 Å². The number of hydrogen-bond donors (Lipinski definition) is 4. The van der Waals surface area contributed by atoms with Gasteiger partial charge in [-0.2, -0.15) is 10.5 Å². The van der Waals surface area contributed by atoms with Gasteiger partial charge < -0.3 is 26.3 Å². The molecule has 1 unspecified atom stereocenters. The first-order valence-electron chi connectivity index (χ1n) is 9.88. The number of nitriles is 2. The van der Waals surface area contributed by atoms with E-state index in [2.05, 4.69) is 20.6 Å². The Morgan fingerprint density at radius 2 is 1.91 bits per heavy atom. The normalized spacial score (nSPS) is 14.0. The van der Waals surface area contributed by atoms with Crippen molar-refractivity contribution in [3.8, 4) is 23.8 Å². The number of methoxy groups -OCH3 is 1. The third-order valence-electron chi connectivity index (χ3n) is 5.09. The van der Waals surface area contributed by atoms with Gasteiger partial charge in [-0.05, 0) is 35.4 Å². The summed E-state index contributed by atoms with van der Waals surface area (Å²) >= 11 is 0. The summed E-state index contributed by atoms with van der Waals surface area (Å²) in [5.74, 6) is 1.96. The molecule has 0 spiro atoms. The Kier molecular flexibility index (Phi) is 5.83. The Hall–Kier alpha value is -4.96. The maximum atomic E-state index is 9.43. The molecule has 0 radical (unpaired) electrons. The number of nitrogens with two attached hydrogens (primary N) is 2. The van der Waals surface area contributed by atoms with Gasteiger partial charge in [0.25, 0.3) is 0 Å². The van der Waals surface area contributed by atoms with Crippen molar-refractivity contribution in [3.05, 3.63) is 70.8 Å². The van der Waals surface area contributed by atoms with Gasteiger partial charge in [0.05, 0.1) is 12.8 Å². The van der Waals surface area contributed by atoms with E-state index in [1.165, 1.54) is 0 Å². The quantitative estimate of drug-likeness (QED) is 0.344. The molecule has 33 heavy (non-hydrogen) atoms. The molecule has 10 nitrogen and oxygen atoms in total. The van der Waals surface area contributed by atoms with E-state index in [1.807, 2.05) is 60.8 Å². The standard InChI is InChI=1S/C23H20N8O2/c1-32-16-4-2-3-13(9-16)11-33-15-7-5-14(6-8-15)20-18-19(26)17(10-24)21(27)30-22(18)31-23(29-20)28-12-25/h2-9,20H,11H2,1H3,(H6,26,27,28,29,30,31). The molecular formula is C23H20N8O2. The summed E-state index contributed by atoms with van der Waals surface area (Å²) in [6.07, 6.45) is 1.83. The van der Waals surface area contributed by atoms with Gasteiger partial charge in [-0.15, -0.1) is 0 Å². The fourth-order valence-corrected chi connectivity index (χ4v) is 3.50. The number of ether oxygens (including phenoxy) is 2. The smallest absolute Gasteiger partial charge is 0.211 e. The number of aliphatic imine (C=N–C) groups is 1. The Balaban J connectivity index is 1.63. The maximum absolute atomic E-state index is 9.43. The SMILES string of the molecule is COc1cccc(COc2ccc(C3N=C(NC#N)Nc4nc(N)c(C#N)c(N)c43)cc2)c1. The first-order chi connectivity index (χ1) is 16.0. The van der Waals surface area contributed by atoms with Crippen LogP contribution in [-0.2, 0) is 6.61 Å². The molecule has 1 aromatic heterocycles. The third kappa shape index (κ3) is 4.27. The van der Waals surface area contributed by atoms with Gasteiger partial charge in [0.1, 0.15) is 47.4 Å². The molecule has 0 aliphatic carbocycles. The number of aromatic nitrogens is 1. The lowest BCUT2D eigenvalue weighted by Crippen LogP contribution is -2.32. The van der Waals surface area contributed by atoms with E-state index in [0.717, 1.165) is 16.9 Å². The predicted octanol–water partition coefficient (Wildman–Crippen LogP) is 2.65. The Bertz CT molecular complexity index is 1310. The number of anilines is 3. The molecule has 4 rings (SSSR count). The summed E-state index contributed by atoms with van der Waals surface area (Å²) in [6.45, 7) is 0.378. The van der Waals surface area contributed by atoms with Crippen LogP contribution in [0.2, 0.25) is 0 Å². The molecule has 1 aliphatic heterocycles. The lowest BCUT2D eigenvalue weighted by molar-refractivity contribution is 0.305. The van der Waals surface area contributed by atoms with Crippen molar-refractivity contribution < 1.29 is 9.47 Å². The molecule has 0 saturated heterocycles. The van der Waals surface area contributed by atoms with Crippen LogP contribution in [0.3, 0.4) is 0 Å². The largest absolute Gasteiger partial charge is 0.497 e. The Morgan fingerprint density at radius 3 is 2.61 bits per heavy atom. The fraction of sp³-hybridized carbons (Fsp3) is 0.130. The molecule has 10 heteroatoms. The highest BCUT2D eigenvalue weighted by Gasteiger charge is 2.29. The summed E-state index contributed by atoms with van der Waals surface area (Å²) in [6, 6.07) is 16.3. The Labute approximate surface area is 190 Å². The van der Waals surface area contributed by atoms with E-state index in [0.29, 0.717) is 23.7 Å². The fourth-order valence-electron chi connectivity index (χ4n) is 3.50. The van der Waals surface area contributed by atoms with Crippen LogP contribution in [0.25, 0.3) is 0 Å². The van der Waals surface area contributed by atoms with E-state index in [1.54, 1.807) is 7.11 Å². The van der Waals surface area contributed by atoms with Gasteiger partial charge in [0.2, 0.25) is 5.96 Å². The monoisotopic (exact) mass is 440 g/mol. The van der Waals surface area contributed by atoms with Crippen LogP contribution in [0.1, 0.15) is 28.3 Å². The number of benzene rings is 2. The van der Waals surface area contributed by atoms with Crippen LogP contribution in [0, 0.1) is 22.8 Å². The molecule has 1 atom stereocenters. The number of nitrogens with one attached hydrogen (secondary N) is 2. The van der Waals surface area contributed by atoms with Crippen molar-refractivity contribution >= 4 is 23.3 Å². The number of rotatable bonds is 5. The van der Waals surface area contributed by atoms with Gasteiger partial charge in [-0.3, -0.25) is 5.32 Å². The number of nitrogen functional groups attached to an aromatic ring is 2. The van der Waals surface area contributed by atoms with Gasteiger partial charge in [0, 0.05) is 5.56 Å². The zero-order valence-electron chi connectivity index (χ0n) is 17.7. The zero-order valence-corrected chi connectivity index (χ0v) is 17.7. The van der Waals surface area contributed by atoms with Crippen LogP contribution < -0.4 is 31.6 Å². The number of fused-ring (bicyclic) bond motifs is 1. The Morgan fingerprint density at radius 1 is 1.12 bits per heavy atom. The summed E-state index contributed by atoms with van der Waals surface area (Å²) in [5, 5.41) is 23.8. The first kappa shape index (κ1) is 21.3. The number of hydrogen-bond acceptors (Lipinski definition) is 10. The lowest BCUT2D eigenvalue weighted by Gasteiger charge is -2.26. The molecule has 164 valence electrons. The highest BCUT2D eigenvalue weighted by atomic mass is 16.5. The van der Waals surface area contributed by atoms with Crippen molar-refractivity contribution in [1.29, 1.82) is 10.5 Å². The van der Waals surface area contributed by atoms with E-state index < -0.39 is 6.04 Å². The molecule has 3 aromatic rings. The second-order valence-electron chi connectivity index (χ2n) is 7.11. The van der Waals surface area contributed by atoms with Gasteiger partial charge in [-0.25, -0.2) is 9.98 Å². The molecule has 0 fully saturated rings. The van der Waals surface area contributed by atoms with Crippen LogP contribution in [-0.4, -0.2) is 18.1 Å². The number of guanidine groups is 1. The minimum atomic E-state index is -0.607. The third-order valence-corrected chi connectivity index (χ3v) is 5.09. The number of nitrogens with zero attached hydrogens (tertiary/aromatic N) is 4. The molecule has 0 amide bonds. The van der Waals surface area contributed by atoms with Gasteiger partial charge in [0.15, 0.2) is 6.19 Å². The minimum absolute atomic E-state index is 0.000465. The van der Waals surface area contributed by atoms with Crippen LogP contribution in [0.15, 0.2) is 53.5 Å². The summed E-state index contributed by atoms with van der Waals surface area (Å²) in [4.78, 5) is 8.79. The highest BCUT2D eigenvalue weighted by Crippen LogP contribution is 2.40. The molecule has 2 heterocycles.